The first-order valence-electron chi connectivity index (χ1n) is 23.7. The van der Waals surface area contributed by atoms with Crippen LogP contribution in [0.15, 0.2) is 12.4 Å². The third kappa shape index (κ3) is 11.0. The third-order valence-corrected chi connectivity index (χ3v) is 10.8. The number of aromatic nitrogens is 10. The van der Waals surface area contributed by atoms with Gasteiger partial charge in [-0.15, -0.1) is 0 Å². The van der Waals surface area contributed by atoms with Crippen molar-refractivity contribution in [2.75, 3.05) is 0 Å². The quantitative estimate of drug-likeness (QED) is 0.0593. The SMILES string of the molecule is CCCc1cc(CCC)nc(-c2c(CCC)nc(-c3c(CCC)nc(-c4c(CCC)nc(-c5c(CCC)ncnc5CCC)nc4CCC)nc3CCC)nc2CCC)n1. The van der Waals surface area contributed by atoms with Crippen LogP contribution < -0.4 is 0 Å². The molecule has 5 rings (SSSR count). The van der Waals surface area contributed by atoms with Crippen molar-refractivity contribution in [2.45, 2.75) is 198 Å². The molecule has 0 aliphatic heterocycles. The van der Waals surface area contributed by atoms with E-state index in [0.29, 0.717) is 0 Å². The summed E-state index contributed by atoms with van der Waals surface area (Å²) in [5, 5.41) is 0. The fourth-order valence-corrected chi connectivity index (χ4v) is 8.30. The van der Waals surface area contributed by atoms with Crippen molar-refractivity contribution in [3.8, 4) is 45.6 Å². The van der Waals surface area contributed by atoms with Crippen molar-refractivity contribution >= 4 is 0 Å². The molecule has 0 saturated heterocycles. The van der Waals surface area contributed by atoms with Gasteiger partial charge in [0.1, 0.15) is 6.33 Å². The van der Waals surface area contributed by atoms with Crippen LogP contribution in [0.3, 0.4) is 0 Å². The van der Waals surface area contributed by atoms with Gasteiger partial charge in [0.25, 0.3) is 0 Å². The summed E-state index contributed by atoms with van der Waals surface area (Å²) < 4.78 is 0. The molecule has 322 valence electrons. The highest BCUT2D eigenvalue weighted by Crippen LogP contribution is 2.36. The lowest BCUT2D eigenvalue weighted by Gasteiger charge is -2.20. The molecule has 0 aliphatic carbocycles. The van der Waals surface area contributed by atoms with Gasteiger partial charge in [0.15, 0.2) is 23.3 Å². The lowest BCUT2D eigenvalue weighted by molar-refractivity contribution is 0.798. The highest BCUT2D eigenvalue weighted by Gasteiger charge is 2.27. The second-order valence-electron chi connectivity index (χ2n) is 16.3. The third-order valence-electron chi connectivity index (χ3n) is 10.8. The lowest BCUT2D eigenvalue weighted by Crippen LogP contribution is -2.14. The van der Waals surface area contributed by atoms with E-state index in [2.05, 4.69) is 75.3 Å². The van der Waals surface area contributed by atoms with Gasteiger partial charge in [-0.3, -0.25) is 0 Å². The Morgan fingerprint density at radius 3 is 0.733 bits per heavy atom. The van der Waals surface area contributed by atoms with Crippen molar-refractivity contribution in [3.63, 3.8) is 0 Å². The smallest absolute Gasteiger partial charge is 0.163 e. The Morgan fingerprint density at radius 1 is 0.267 bits per heavy atom. The predicted molar refractivity (Wildman–Crippen MR) is 246 cm³/mol. The van der Waals surface area contributed by atoms with E-state index >= 15 is 0 Å². The number of hydrogen-bond donors (Lipinski definition) is 0. The van der Waals surface area contributed by atoms with Gasteiger partial charge < -0.3 is 0 Å². The Kier molecular flexibility index (Phi) is 18.1. The average Bonchev–Trinajstić information content (AvgIpc) is 3.22. The van der Waals surface area contributed by atoms with Crippen LogP contribution in [0.25, 0.3) is 45.6 Å². The molecule has 60 heavy (non-hydrogen) atoms. The second-order valence-corrected chi connectivity index (χ2v) is 16.3. The molecule has 0 aliphatic rings. The van der Waals surface area contributed by atoms with Crippen LogP contribution in [-0.4, -0.2) is 49.8 Å². The molecule has 5 aromatic heterocycles. The van der Waals surface area contributed by atoms with E-state index in [0.717, 1.165) is 231 Å². The summed E-state index contributed by atoms with van der Waals surface area (Å²) in [7, 11) is 0. The summed E-state index contributed by atoms with van der Waals surface area (Å²) >= 11 is 0. The van der Waals surface area contributed by atoms with Gasteiger partial charge in [-0.25, -0.2) is 49.8 Å². The van der Waals surface area contributed by atoms with E-state index in [1.165, 1.54) is 0 Å². The zero-order valence-electron chi connectivity index (χ0n) is 38.8. The van der Waals surface area contributed by atoms with Crippen molar-refractivity contribution in [1.29, 1.82) is 0 Å². The monoisotopic (exact) mass is 813 g/mol. The molecule has 0 atom stereocenters. The van der Waals surface area contributed by atoms with Crippen LogP contribution in [0.2, 0.25) is 0 Å². The number of nitrogens with zero attached hydrogens (tertiary/aromatic N) is 10. The van der Waals surface area contributed by atoms with Gasteiger partial charge in [0.05, 0.1) is 67.8 Å². The molecule has 0 N–H and O–H groups in total. The van der Waals surface area contributed by atoms with Crippen LogP contribution in [0.4, 0.5) is 0 Å². The van der Waals surface area contributed by atoms with Crippen LogP contribution in [0.1, 0.15) is 190 Å². The minimum absolute atomic E-state index is 0.722. The van der Waals surface area contributed by atoms with Crippen LogP contribution in [0, 0.1) is 0 Å². The van der Waals surface area contributed by atoms with Gasteiger partial charge in [-0.1, -0.05) is 133 Å². The number of rotatable bonds is 24. The van der Waals surface area contributed by atoms with E-state index < -0.39 is 0 Å². The fraction of sp³-hybridized carbons (Fsp3) is 0.600. The number of aryl methyl sites for hydroxylation is 10. The Bertz CT molecular complexity index is 2030. The molecular formula is C50H72N10. The zero-order valence-corrected chi connectivity index (χ0v) is 38.8. The van der Waals surface area contributed by atoms with Crippen molar-refractivity contribution in [1.82, 2.24) is 49.8 Å². The summed E-state index contributed by atoms with van der Waals surface area (Å²) in [6, 6.07) is 2.19. The van der Waals surface area contributed by atoms with E-state index in [-0.39, 0.29) is 0 Å². The van der Waals surface area contributed by atoms with Crippen molar-refractivity contribution in [3.05, 3.63) is 69.3 Å². The maximum absolute atomic E-state index is 5.51. The van der Waals surface area contributed by atoms with E-state index in [1.54, 1.807) is 6.33 Å². The van der Waals surface area contributed by atoms with Gasteiger partial charge >= 0.3 is 0 Å². The summed E-state index contributed by atoms with van der Waals surface area (Å²) in [4.78, 5) is 52.6. The molecule has 5 heterocycles. The molecule has 10 heteroatoms. The number of hydrogen-bond acceptors (Lipinski definition) is 10. The van der Waals surface area contributed by atoms with Crippen molar-refractivity contribution < 1.29 is 0 Å². The molecule has 0 bridgehead atoms. The highest BCUT2D eigenvalue weighted by molar-refractivity contribution is 5.72. The molecular weight excluding hydrogens is 741 g/mol. The van der Waals surface area contributed by atoms with Gasteiger partial charge in [0, 0.05) is 11.4 Å². The van der Waals surface area contributed by atoms with Gasteiger partial charge in [-0.2, -0.15) is 0 Å². The molecule has 0 fully saturated rings. The molecule has 10 nitrogen and oxygen atoms in total. The summed E-state index contributed by atoms with van der Waals surface area (Å²) in [6.07, 6.45) is 19.8. The topological polar surface area (TPSA) is 129 Å². The predicted octanol–water partition coefficient (Wildman–Crippen LogP) is 11.8. The molecule has 0 unspecified atom stereocenters. The first-order chi connectivity index (χ1) is 29.3. The van der Waals surface area contributed by atoms with Crippen LogP contribution >= 0.6 is 0 Å². The Balaban J connectivity index is 1.80. The van der Waals surface area contributed by atoms with Gasteiger partial charge in [0.2, 0.25) is 0 Å². The fourth-order valence-electron chi connectivity index (χ4n) is 8.30. The Morgan fingerprint density at radius 2 is 0.483 bits per heavy atom. The summed E-state index contributed by atoms with van der Waals surface area (Å²) in [5.41, 5.74) is 14.3. The maximum Gasteiger partial charge on any atom is 0.163 e. The average molecular weight is 813 g/mol. The molecule has 0 spiro atoms. The maximum atomic E-state index is 5.51. The zero-order chi connectivity index (χ0) is 43.0. The Labute approximate surface area is 361 Å². The molecule has 0 radical (unpaired) electrons. The minimum Gasteiger partial charge on any atom is -0.241 e. The molecule has 5 aromatic rings. The lowest BCUT2D eigenvalue weighted by atomic mass is 9.98. The molecule has 0 amide bonds. The first-order valence-corrected chi connectivity index (χ1v) is 23.7. The normalized spacial score (nSPS) is 11.5. The molecule has 0 aromatic carbocycles. The highest BCUT2D eigenvalue weighted by atomic mass is 15.0. The van der Waals surface area contributed by atoms with E-state index in [1.807, 2.05) is 0 Å². The Hall–Kier alpha value is -4.60. The standard InChI is InChI=1S/C50H72N10/c1-11-21-33-31-34(22-12-2)54-47(53-33)44-37(25-15-5)57-49(58-38(44)26-16-6)46-41(29-19-9)59-50(60-42(46)30-20-10)45-39(27-17-7)55-48(56-40(45)28-18-8)43-35(23-13-3)51-32-52-36(43)24-14-4/h31-32H,11-30H2,1-10H3. The minimum atomic E-state index is 0.722. The molecule has 0 saturated carbocycles. The van der Waals surface area contributed by atoms with E-state index in [9.17, 15) is 0 Å². The first kappa shape index (κ1) is 46.5. The van der Waals surface area contributed by atoms with Crippen LogP contribution in [0.5, 0.6) is 0 Å². The van der Waals surface area contributed by atoms with E-state index in [4.69, 9.17) is 49.8 Å². The largest absolute Gasteiger partial charge is 0.241 e. The summed E-state index contributed by atoms with van der Waals surface area (Å²) in [6.45, 7) is 22.1. The summed E-state index contributed by atoms with van der Waals surface area (Å²) in [5.74, 6) is 2.97. The van der Waals surface area contributed by atoms with Crippen LogP contribution in [-0.2, 0) is 64.2 Å². The van der Waals surface area contributed by atoms with Crippen molar-refractivity contribution in [2.24, 2.45) is 0 Å². The van der Waals surface area contributed by atoms with Gasteiger partial charge in [-0.05, 0) is 70.3 Å². The second kappa shape index (κ2) is 23.4.